The summed E-state index contributed by atoms with van der Waals surface area (Å²) in [7, 11) is 3.10. The van der Waals surface area contributed by atoms with E-state index < -0.39 is 0 Å². The van der Waals surface area contributed by atoms with Crippen molar-refractivity contribution < 1.29 is 9.63 Å². The van der Waals surface area contributed by atoms with Crippen LogP contribution in [0, 0.1) is 5.92 Å². The number of amides is 1. The number of hydrogen-bond acceptors (Lipinski definition) is 2. The second-order valence-electron chi connectivity index (χ2n) is 4.62. The van der Waals surface area contributed by atoms with Crippen molar-refractivity contribution in [3.63, 3.8) is 0 Å². The molecular formula is C14H23NO2. The molecule has 0 N–H and O–H groups in total. The van der Waals surface area contributed by atoms with E-state index in [0.717, 1.165) is 0 Å². The van der Waals surface area contributed by atoms with E-state index in [9.17, 15) is 4.79 Å². The van der Waals surface area contributed by atoms with Crippen molar-refractivity contribution in [2.75, 3.05) is 14.2 Å². The third kappa shape index (κ3) is 4.73. The van der Waals surface area contributed by atoms with Crippen LogP contribution in [0.4, 0.5) is 0 Å². The van der Waals surface area contributed by atoms with Gasteiger partial charge in [-0.05, 0) is 25.7 Å². The average Bonchev–Trinajstić information content (AvgIpc) is 2.38. The van der Waals surface area contributed by atoms with Crippen molar-refractivity contribution in [3.05, 3.63) is 23.8 Å². The zero-order valence-electron chi connectivity index (χ0n) is 11.1. The molecule has 0 saturated heterocycles. The summed E-state index contributed by atoms with van der Waals surface area (Å²) in [6, 6.07) is 0. The first-order chi connectivity index (χ1) is 8.15. The molecule has 1 fully saturated rings. The molecule has 96 valence electrons. The van der Waals surface area contributed by atoms with Crippen LogP contribution in [0.1, 0.15) is 39.0 Å². The summed E-state index contributed by atoms with van der Waals surface area (Å²) in [4.78, 5) is 16.5. The van der Waals surface area contributed by atoms with Crippen molar-refractivity contribution >= 4 is 5.91 Å². The van der Waals surface area contributed by atoms with Crippen LogP contribution in [0.3, 0.4) is 0 Å². The number of nitrogens with zero attached hydrogens (tertiary/aromatic N) is 1. The Kier molecular flexibility index (Phi) is 5.98. The lowest BCUT2D eigenvalue weighted by atomic mass is 9.89. The van der Waals surface area contributed by atoms with Gasteiger partial charge in [-0.25, -0.2) is 5.06 Å². The highest BCUT2D eigenvalue weighted by Gasteiger charge is 2.10. The lowest BCUT2D eigenvalue weighted by Gasteiger charge is -2.17. The summed E-state index contributed by atoms with van der Waals surface area (Å²) in [5, 5.41) is 1.24. The minimum absolute atomic E-state index is 0.0965. The first kappa shape index (κ1) is 14.0. The Morgan fingerprint density at radius 1 is 1.29 bits per heavy atom. The Labute approximate surface area is 104 Å². The quantitative estimate of drug-likeness (QED) is 0.427. The number of hydroxylamine groups is 2. The third-order valence-electron chi connectivity index (χ3n) is 3.28. The Balaban J connectivity index is 2.45. The van der Waals surface area contributed by atoms with Gasteiger partial charge in [-0.3, -0.25) is 9.63 Å². The molecule has 1 rings (SSSR count). The van der Waals surface area contributed by atoms with Crippen molar-refractivity contribution in [2.24, 2.45) is 5.92 Å². The summed E-state index contributed by atoms with van der Waals surface area (Å²) in [5.74, 6) is 0.601. The molecule has 3 nitrogen and oxygen atoms in total. The molecule has 0 heterocycles. The summed E-state index contributed by atoms with van der Waals surface area (Å²) < 4.78 is 0. The molecule has 0 spiro atoms. The predicted octanol–water partition coefficient (Wildman–Crippen LogP) is 3.09. The molecule has 3 heteroatoms. The van der Waals surface area contributed by atoms with E-state index in [-0.39, 0.29) is 5.91 Å². The van der Waals surface area contributed by atoms with Gasteiger partial charge in [-0.15, -0.1) is 0 Å². The second kappa shape index (κ2) is 7.28. The molecular weight excluding hydrogens is 214 g/mol. The van der Waals surface area contributed by atoms with Crippen LogP contribution in [0.5, 0.6) is 0 Å². The molecule has 17 heavy (non-hydrogen) atoms. The number of hydrogen-bond donors (Lipinski definition) is 0. The number of likely N-dealkylation sites (N-methyl/N-ethyl adjacent to an activating group) is 1. The maximum Gasteiger partial charge on any atom is 0.272 e. The molecule has 0 aliphatic heterocycles. The maximum absolute atomic E-state index is 11.7. The van der Waals surface area contributed by atoms with E-state index in [2.05, 4.69) is 6.08 Å². The summed E-state index contributed by atoms with van der Waals surface area (Å²) >= 11 is 0. The van der Waals surface area contributed by atoms with Crippen LogP contribution in [0.25, 0.3) is 0 Å². The third-order valence-corrected chi connectivity index (χ3v) is 3.28. The molecule has 1 aliphatic carbocycles. The van der Waals surface area contributed by atoms with Crippen molar-refractivity contribution in [3.8, 4) is 0 Å². The molecule has 1 aliphatic rings. The minimum Gasteiger partial charge on any atom is -0.274 e. The van der Waals surface area contributed by atoms with E-state index in [1.165, 1.54) is 44.3 Å². The fraction of sp³-hybridized carbons (Fsp3) is 0.643. The van der Waals surface area contributed by atoms with Gasteiger partial charge in [0, 0.05) is 12.6 Å². The Morgan fingerprint density at radius 3 is 2.53 bits per heavy atom. The van der Waals surface area contributed by atoms with Gasteiger partial charge in [-0.2, -0.15) is 0 Å². The van der Waals surface area contributed by atoms with E-state index >= 15 is 0 Å². The summed E-state index contributed by atoms with van der Waals surface area (Å²) in [5.41, 5.74) is 0.696. The minimum atomic E-state index is -0.0965. The SMILES string of the molecule is CON(C)C(=O)/C(C)=C\C=C\C1CCCCC1. The van der Waals surface area contributed by atoms with Gasteiger partial charge in [-0.1, -0.05) is 37.5 Å². The highest BCUT2D eigenvalue weighted by atomic mass is 16.7. The molecule has 0 bridgehead atoms. The van der Waals surface area contributed by atoms with Gasteiger partial charge in [0.25, 0.3) is 5.91 Å². The first-order valence-corrected chi connectivity index (χ1v) is 6.32. The zero-order chi connectivity index (χ0) is 12.7. The molecule has 0 radical (unpaired) electrons. The summed E-state index contributed by atoms with van der Waals surface area (Å²) in [6.07, 6.45) is 12.7. The molecule has 1 saturated carbocycles. The maximum atomic E-state index is 11.7. The van der Waals surface area contributed by atoms with Crippen LogP contribution in [-0.4, -0.2) is 25.1 Å². The number of carbonyl (C=O) groups is 1. The van der Waals surface area contributed by atoms with Gasteiger partial charge in [0.2, 0.25) is 0 Å². The first-order valence-electron chi connectivity index (χ1n) is 6.32. The lowest BCUT2D eigenvalue weighted by molar-refractivity contribution is -0.163. The van der Waals surface area contributed by atoms with Gasteiger partial charge in [0.15, 0.2) is 0 Å². The molecule has 0 aromatic rings. The average molecular weight is 237 g/mol. The summed E-state index contributed by atoms with van der Waals surface area (Å²) in [6.45, 7) is 1.81. The molecule has 0 unspecified atom stereocenters. The highest BCUT2D eigenvalue weighted by Crippen LogP contribution is 2.24. The number of rotatable bonds is 4. The Bertz CT molecular complexity index is 301. The Hall–Kier alpha value is -1.09. The predicted molar refractivity (Wildman–Crippen MR) is 69.3 cm³/mol. The number of carbonyl (C=O) groups excluding carboxylic acids is 1. The van der Waals surface area contributed by atoms with E-state index in [4.69, 9.17) is 4.84 Å². The monoisotopic (exact) mass is 237 g/mol. The second-order valence-corrected chi connectivity index (χ2v) is 4.62. The molecule has 0 aromatic carbocycles. The Morgan fingerprint density at radius 2 is 1.94 bits per heavy atom. The fourth-order valence-corrected chi connectivity index (χ4v) is 2.09. The molecule has 0 aromatic heterocycles. The molecule has 0 atom stereocenters. The lowest BCUT2D eigenvalue weighted by Crippen LogP contribution is -2.25. The van der Waals surface area contributed by atoms with Crippen molar-refractivity contribution in [1.82, 2.24) is 5.06 Å². The standard InChI is InChI=1S/C14H23NO2/c1-12(14(16)15(2)17-3)8-7-11-13-9-5-4-6-10-13/h7-8,11,13H,4-6,9-10H2,1-3H3/b11-7+,12-8-. The normalized spacial score (nSPS) is 18.6. The smallest absolute Gasteiger partial charge is 0.272 e. The fourth-order valence-electron chi connectivity index (χ4n) is 2.09. The largest absolute Gasteiger partial charge is 0.274 e. The van der Waals surface area contributed by atoms with Gasteiger partial charge >= 0.3 is 0 Å². The van der Waals surface area contributed by atoms with Crippen LogP contribution < -0.4 is 0 Å². The topological polar surface area (TPSA) is 29.5 Å². The van der Waals surface area contributed by atoms with Crippen LogP contribution in [0.15, 0.2) is 23.8 Å². The van der Waals surface area contributed by atoms with Gasteiger partial charge < -0.3 is 0 Å². The van der Waals surface area contributed by atoms with Crippen LogP contribution in [-0.2, 0) is 9.63 Å². The zero-order valence-corrected chi connectivity index (χ0v) is 11.1. The highest BCUT2D eigenvalue weighted by molar-refractivity contribution is 5.92. The van der Waals surface area contributed by atoms with Gasteiger partial charge in [0.05, 0.1) is 7.11 Å². The van der Waals surface area contributed by atoms with Crippen LogP contribution in [0.2, 0.25) is 0 Å². The van der Waals surface area contributed by atoms with Crippen LogP contribution >= 0.6 is 0 Å². The van der Waals surface area contributed by atoms with Crippen molar-refractivity contribution in [2.45, 2.75) is 39.0 Å². The van der Waals surface area contributed by atoms with E-state index in [1.54, 1.807) is 7.05 Å². The van der Waals surface area contributed by atoms with E-state index in [0.29, 0.717) is 11.5 Å². The van der Waals surface area contributed by atoms with E-state index in [1.807, 2.05) is 19.1 Å². The van der Waals surface area contributed by atoms with Gasteiger partial charge in [0.1, 0.15) is 0 Å². The van der Waals surface area contributed by atoms with Crippen molar-refractivity contribution in [1.29, 1.82) is 0 Å². The number of allylic oxidation sites excluding steroid dienone is 3. The molecule has 1 amide bonds.